The molecule has 0 bridgehead atoms. The molecule has 3 amide bonds. The van der Waals surface area contributed by atoms with Crippen molar-refractivity contribution in [1.82, 2.24) is 20.3 Å². The molecule has 2 unspecified atom stereocenters. The summed E-state index contributed by atoms with van der Waals surface area (Å²) in [6.45, 7) is 18.0. The highest BCUT2D eigenvalue weighted by Crippen LogP contribution is 2.28. The van der Waals surface area contributed by atoms with Crippen LogP contribution in [0.1, 0.15) is 79.9 Å². The summed E-state index contributed by atoms with van der Waals surface area (Å²) in [5.74, 6) is -0.725. The van der Waals surface area contributed by atoms with Crippen LogP contribution in [0.5, 0.6) is 0 Å². The molecule has 5 N–H and O–H groups in total. The lowest BCUT2D eigenvalue weighted by Gasteiger charge is -2.38. The summed E-state index contributed by atoms with van der Waals surface area (Å²) in [4.78, 5) is 42.3. The maximum Gasteiger partial charge on any atom is 0.256 e. The summed E-state index contributed by atoms with van der Waals surface area (Å²) in [7, 11) is 3.43. The minimum absolute atomic E-state index is 0.220. The second-order valence-electron chi connectivity index (χ2n) is 12.7. The Bertz CT molecular complexity index is 1250. The third-order valence-corrected chi connectivity index (χ3v) is 8.13. The molecule has 9 heteroatoms. The number of anilines is 1. The molecule has 8 nitrogen and oxygen atoms in total. The maximum absolute atomic E-state index is 13.6. The number of nitrogens with zero attached hydrogens (tertiary/aromatic N) is 1. The Kier molecular flexibility index (Phi) is 15.7. The van der Waals surface area contributed by atoms with Gasteiger partial charge >= 0.3 is 0 Å². The van der Waals surface area contributed by atoms with Crippen LogP contribution in [-0.2, 0) is 26.2 Å². The van der Waals surface area contributed by atoms with Crippen molar-refractivity contribution in [2.24, 2.45) is 5.41 Å². The molecule has 0 aliphatic heterocycles. The Morgan fingerprint density at radius 1 is 0.977 bits per heavy atom. The predicted molar refractivity (Wildman–Crippen MR) is 185 cm³/mol. The van der Waals surface area contributed by atoms with Crippen LogP contribution in [0.15, 0.2) is 65.1 Å². The molecule has 0 aliphatic rings. The summed E-state index contributed by atoms with van der Waals surface area (Å²) >= 11 is 1.23. The predicted octanol–water partition coefficient (Wildman–Crippen LogP) is 5.87. The largest absolute Gasteiger partial charge is 0.399 e. The maximum atomic E-state index is 13.6. The van der Waals surface area contributed by atoms with Crippen LogP contribution in [0.2, 0.25) is 0 Å². The van der Waals surface area contributed by atoms with Crippen LogP contribution < -0.4 is 21.1 Å². The number of nitrogens with two attached hydrogens (primary N) is 1. The van der Waals surface area contributed by atoms with Gasteiger partial charge in [-0.25, -0.2) is 0 Å². The molecule has 0 aliphatic carbocycles. The number of nitrogens with one attached hydrogen (secondary N) is 3. The minimum atomic E-state index is -0.765. The third kappa shape index (κ3) is 11.3. The highest BCUT2D eigenvalue weighted by Gasteiger charge is 2.40. The SMILES string of the molecule is CCC.CCc1cc(SNC(=O)/C(C)=C/CN(C)C(=O)C(NC(=O)C(NC)C(C)(C)c2ccccc2)C(C)(C)C)ccc1N. The Labute approximate surface area is 270 Å². The fraction of sp³-hybridized carbons (Fsp3) is 0.514. The van der Waals surface area contributed by atoms with Gasteiger partial charge in [0.2, 0.25) is 11.8 Å². The zero-order chi connectivity index (χ0) is 33.7. The van der Waals surface area contributed by atoms with E-state index in [0.717, 1.165) is 28.1 Å². The summed E-state index contributed by atoms with van der Waals surface area (Å²) in [6.07, 6.45) is 3.77. The second kappa shape index (κ2) is 17.9. The average Bonchev–Trinajstić information content (AvgIpc) is 2.97. The van der Waals surface area contributed by atoms with Crippen molar-refractivity contribution >= 4 is 35.4 Å². The number of carbonyl (C=O) groups is 3. The van der Waals surface area contributed by atoms with Gasteiger partial charge in [0.1, 0.15) is 6.04 Å². The summed E-state index contributed by atoms with van der Waals surface area (Å²) < 4.78 is 2.84. The van der Waals surface area contributed by atoms with Crippen molar-refractivity contribution in [2.75, 3.05) is 26.4 Å². The highest BCUT2D eigenvalue weighted by molar-refractivity contribution is 7.98. The second-order valence-corrected chi connectivity index (χ2v) is 13.6. The van der Waals surface area contributed by atoms with Crippen molar-refractivity contribution in [3.8, 4) is 0 Å². The number of aryl methyl sites for hydroxylation is 1. The Hall–Kier alpha value is -3.30. The molecule has 2 aromatic rings. The average molecular weight is 626 g/mol. The van der Waals surface area contributed by atoms with Crippen LogP contribution in [0.3, 0.4) is 0 Å². The lowest BCUT2D eigenvalue weighted by molar-refractivity contribution is -0.139. The highest BCUT2D eigenvalue weighted by atomic mass is 32.2. The van der Waals surface area contributed by atoms with E-state index in [-0.39, 0.29) is 24.3 Å². The molecule has 0 heterocycles. The molecule has 0 aromatic heterocycles. The van der Waals surface area contributed by atoms with Crippen LogP contribution in [0.25, 0.3) is 0 Å². The molecule has 0 radical (unpaired) electrons. The van der Waals surface area contributed by atoms with Crippen LogP contribution in [-0.4, -0.2) is 55.3 Å². The van der Waals surface area contributed by atoms with E-state index in [9.17, 15) is 14.4 Å². The van der Waals surface area contributed by atoms with Crippen LogP contribution in [0.4, 0.5) is 5.69 Å². The van der Waals surface area contributed by atoms with E-state index in [1.807, 2.05) is 90.1 Å². The first-order valence-corrected chi connectivity index (χ1v) is 16.2. The van der Waals surface area contributed by atoms with Gasteiger partial charge in [-0.15, -0.1) is 0 Å². The van der Waals surface area contributed by atoms with Crippen LogP contribution >= 0.6 is 11.9 Å². The molecule has 2 atom stereocenters. The van der Waals surface area contributed by atoms with E-state index in [0.29, 0.717) is 5.57 Å². The number of hydrogen-bond acceptors (Lipinski definition) is 6. The lowest BCUT2D eigenvalue weighted by Crippen LogP contribution is -2.60. The number of hydrogen-bond donors (Lipinski definition) is 4. The normalized spacial score (nSPS) is 13.2. The summed E-state index contributed by atoms with van der Waals surface area (Å²) in [5, 5.41) is 6.17. The number of amides is 3. The Morgan fingerprint density at radius 3 is 2.09 bits per heavy atom. The fourth-order valence-electron chi connectivity index (χ4n) is 4.54. The summed E-state index contributed by atoms with van der Waals surface area (Å²) in [5.41, 5.74) is 8.18. The number of rotatable bonds is 12. The van der Waals surface area contributed by atoms with Gasteiger partial charge in [-0.2, -0.15) is 0 Å². The van der Waals surface area contributed by atoms with Crippen molar-refractivity contribution in [3.05, 3.63) is 71.3 Å². The van der Waals surface area contributed by atoms with Crippen LogP contribution in [0, 0.1) is 5.41 Å². The first kappa shape index (κ1) is 38.7. The van der Waals surface area contributed by atoms with E-state index in [1.54, 1.807) is 27.1 Å². The minimum Gasteiger partial charge on any atom is -0.399 e. The zero-order valence-electron chi connectivity index (χ0n) is 28.6. The number of nitrogen functional groups attached to an aromatic ring is 1. The van der Waals surface area contributed by atoms with Gasteiger partial charge in [0, 0.05) is 35.2 Å². The van der Waals surface area contributed by atoms with Crippen molar-refractivity contribution in [3.63, 3.8) is 0 Å². The van der Waals surface area contributed by atoms with E-state index >= 15 is 0 Å². The van der Waals surface area contributed by atoms with Crippen molar-refractivity contribution in [2.45, 2.75) is 97.5 Å². The van der Waals surface area contributed by atoms with E-state index in [4.69, 9.17) is 5.73 Å². The summed E-state index contributed by atoms with van der Waals surface area (Å²) in [6, 6.07) is 14.2. The quantitative estimate of drug-likeness (QED) is 0.133. The third-order valence-electron chi connectivity index (χ3n) is 7.35. The van der Waals surface area contributed by atoms with Gasteiger partial charge in [-0.05, 0) is 67.1 Å². The monoisotopic (exact) mass is 625 g/mol. The Balaban J connectivity index is 0.00000309. The topological polar surface area (TPSA) is 117 Å². The van der Waals surface area contributed by atoms with Crippen molar-refractivity contribution in [1.29, 1.82) is 0 Å². The molecular formula is C35H55N5O3S. The van der Waals surface area contributed by atoms with Gasteiger partial charge in [0.05, 0.1) is 6.04 Å². The first-order valence-electron chi connectivity index (χ1n) is 15.3. The molecule has 0 fully saturated rings. The molecule has 2 aromatic carbocycles. The van der Waals surface area contributed by atoms with Gasteiger partial charge in [-0.3, -0.25) is 19.1 Å². The number of carbonyl (C=O) groups excluding carboxylic acids is 3. The lowest BCUT2D eigenvalue weighted by atomic mass is 9.76. The molecular weight excluding hydrogens is 570 g/mol. The molecule has 0 spiro atoms. The number of likely N-dealkylation sites (N-methyl/N-ethyl adjacent to an activating group) is 2. The molecule has 244 valence electrons. The van der Waals surface area contributed by atoms with Gasteiger partial charge < -0.3 is 21.3 Å². The number of benzene rings is 2. The Morgan fingerprint density at radius 2 is 1.57 bits per heavy atom. The standard InChI is InChI=1S/C32H47N5O3S.C3H8/c1-10-22-20-24(16-17-25(22)33)41-36-28(38)21(2)18-19-37(9)30(40)27(31(3,4)5)35-29(39)26(34-8)32(6,7)23-14-12-11-13-15-23;1-3-2/h11-18,20,26-27,34H,10,19,33H2,1-9H3,(H,35,39)(H,36,38);3H2,1-2H3/b21-18+;. The van der Waals surface area contributed by atoms with Gasteiger partial charge in [0.15, 0.2) is 0 Å². The first-order chi connectivity index (χ1) is 20.5. The van der Waals surface area contributed by atoms with E-state index in [1.165, 1.54) is 23.3 Å². The molecule has 2 rings (SSSR count). The molecule has 44 heavy (non-hydrogen) atoms. The smallest absolute Gasteiger partial charge is 0.256 e. The molecule has 0 saturated heterocycles. The van der Waals surface area contributed by atoms with Crippen molar-refractivity contribution < 1.29 is 14.4 Å². The van der Waals surface area contributed by atoms with E-state index < -0.39 is 22.9 Å². The molecule has 0 saturated carbocycles. The fourth-order valence-corrected chi connectivity index (χ4v) is 5.25. The zero-order valence-corrected chi connectivity index (χ0v) is 29.4. The van der Waals surface area contributed by atoms with Gasteiger partial charge in [0.25, 0.3) is 5.91 Å². The van der Waals surface area contributed by atoms with Gasteiger partial charge in [-0.1, -0.05) is 98.2 Å². The van der Waals surface area contributed by atoms with E-state index in [2.05, 4.69) is 29.2 Å².